The van der Waals surface area contributed by atoms with E-state index in [1.807, 2.05) is 7.05 Å². The fourth-order valence-electron chi connectivity index (χ4n) is 3.59. The van der Waals surface area contributed by atoms with Gasteiger partial charge in [-0.1, -0.05) is 30.3 Å². The minimum atomic E-state index is 0.367. The minimum absolute atomic E-state index is 0.367. The molecule has 2 heterocycles. The van der Waals surface area contributed by atoms with Gasteiger partial charge in [-0.2, -0.15) is 0 Å². The third-order valence-electron chi connectivity index (χ3n) is 5.24. The molecule has 3 rings (SSSR count). The summed E-state index contributed by atoms with van der Waals surface area (Å²) in [6.45, 7) is 4.06. The largest absolute Gasteiger partial charge is 0.373 e. The highest BCUT2D eigenvalue weighted by Crippen LogP contribution is 2.34. The van der Waals surface area contributed by atoms with Crippen molar-refractivity contribution in [2.24, 2.45) is 4.99 Å². The molecule has 1 aromatic rings. The molecule has 2 bridgehead atoms. The van der Waals surface area contributed by atoms with E-state index in [1.54, 1.807) is 0 Å². The second-order valence-electron chi connectivity index (χ2n) is 7.06. The van der Waals surface area contributed by atoms with E-state index < -0.39 is 0 Å². The summed E-state index contributed by atoms with van der Waals surface area (Å²) >= 11 is 0. The lowest BCUT2D eigenvalue weighted by molar-refractivity contribution is 0.0992. The third kappa shape index (κ3) is 4.28. The number of ether oxygens (including phenoxy) is 1. The van der Waals surface area contributed by atoms with Crippen molar-refractivity contribution in [2.75, 3.05) is 20.6 Å². The van der Waals surface area contributed by atoms with Crippen LogP contribution in [0.1, 0.15) is 31.7 Å². The average Bonchev–Trinajstić information content (AvgIpc) is 3.22. The van der Waals surface area contributed by atoms with Gasteiger partial charge in [0.15, 0.2) is 5.96 Å². The van der Waals surface area contributed by atoms with E-state index >= 15 is 0 Å². The van der Waals surface area contributed by atoms with E-state index in [0.717, 1.165) is 25.5 Å². The first-order valence-electron chi connectivity index (χ1n) is 9.02. The highest BCUT2D eigenvalue weighted by molar-refractivity contribution is 5.80. The molecule has 2 aliphatic heterocycles. The number of nitrogens with zero attached hydrogens (tertiary/aromatic N) is 2. The van der Waals surface area contributed by atoms with Crippen molar-refractivity contribution < 1.29 is 4.74 Å². The third-order valence-corrected chi connectivity index (χ3v) is 5.24. The van der Waals surface area contributed by atoms with Crippen LogP contribution >= 0.6 is 0 Å². The van der Waals surface area contributed by atoms with Crippen molar-refractivity contribution >= 4 is 5.96 Å². The van der Waals surface area contributed by atoms with Crippen LogP contribution in [0.15, 0.2) is 35.3 Å². The minimum Gasteiger partial charge on any atom is -0.373 e. The Hall–Kier alpha value is -1.59. The van der Waals surface area contributed by atoms with E-state index in [0.29, 0.717) is 24.3 Å². The monoisotopic (exact) mass is 330 g/mol. The van der Waals surface area contributed by atoms with Gasteiger partial charge in [-0.15, -0.1) is 0 Å². The van der Waals surface area contributed by atoms with Crippen molar-refractivity contribution in [2.45, 2.75) is 57.0 Å². The Morgan fingerprint density at radius 2 is 2.12 bits per heavy atom. The molecule has 0 radical (unpaired) electrons. The Bertz CT molecular complexity index is 548. The van der Waals surface area contributed by atoms with Gasteiger partial charge in [-0.25, -0.2) is 0 Å². The summed E-state index contributed by atoms with van der Waals surface area (Å²) in [6, 6.07) is 11.4. The zero-order chi connectivity index (χ0) is 16.9. The van der Waals surface area contributed by atoms with Crippen molar-refractivity contribution in [3.8, 4) is 0 Å². The average molecular weight is 330 g/mol. The molecule has 2 saturated heterocycles. The molecule has 0 aromatic heterocycles. The fourth-order valence-corrected chi connectivity index (χ4v) is 3.59. The van der Waals surface area contributed by atoms with Crippen LogP contribution in [-0.4, -0.2) is 55.8 Å². The Morgan fingerprint density at radius 1 is 1.33 bits per heavy atom. The maximum atomic E-state index is 5.91. The van der Waals surface area contributed by atoms with Crippen LogP contribution in [0, 0.1) is 0 Å². The summed E-state index contributed by atoms with van der Waals surface area (Å²) in [5.41, 5.74) is 1.34. The normalized spacial score (nSPS) is 27.5. The van der Waals surface area contributed by atoms with Crippen molar-refractivity contribution in [3.05, 3.63) is 35.9 Å². The van der Waals surface area contributed by atoms with E-state index in [9.17, 15) is 0 Å². The Labute approximate surface area is 145 Å². The van der Waals surface area contributed by atoms with Crippen LogP contribution < -0.4 is 10.6 Å². The Kier molecular flexibility index (Phi) is 5.74. The van der Waals surface area contributed by atoms with E-state index in [2.05, 4.69) is 64.8 Å². The number of hydrogen-bond donors (Lipinski definition) is 2. The number of aliphatic imine (C=N–C) groups is 1. The predicted molar refractivity (Wildman–Crippen MR) is 98.2 cm³/mol. The Morgan fingerprint density at radius 3 is 2.75 bits per heavy atom. The number of nitrogens with one attached hydrogen (secondary N) is 2. The van der Waals surface area contributed by atoms with Gasteiger partial charge in [0.1, 0.15) is 0 Å². The van der Waals surface area contributed by atoms with Gasteiger partial charge in [0.05, 0.1) is 18.2 Å². The van der Waals surface area contributed by atoms with Crippen molar-refractivity contribution in [1.82, 2.24) is 15.5 Å². The lowest BCUT2D eigenvalue weighted by atomic mass is 9.96. The lowest BCUT2D eigenvalue weighted by Crippen LogP contribution is -2.50. The molecule has 2 fully saturated rings. The molecule has 0 spiro atoms. The van der Waals surface area contributed by atoms with Gasteiger partial charge in [-0.3, -0.25) is 9.89 Å². The lowest BCUT2D eigenvalue weighted by Gasteiger charge is -2.27. The van der Waals surface area contributed by atoms with Crippen LogP contribution in [0.2, 0.25) is 0 Å². The van der Waals surface area contributed by atoms with E-state index in [-0.39, 0.29) is 0 Å². The summed E-state index contributed by atoms with van der Waals surface area (Å²) in [5.74, 6) is 0.885. The van der Waals surface area contributed by atoms with Crippen LogP contribution in [0.25, 0.3) is 0 Å². The molecule has 0 aliphatic carbocycles. The zero-order valence-corrected chi connectivity index (χ0v) is 15.0. The first-order chi connectivity index (χ1) is 11.7. The molecule has 2 N–H and O–H groups in total. The van der Waals surface area contributed by atoms with Crippen LogP contribution in [-0.2, 0) is 11.3 Å². The molecule has 2 aliphatic rings. The standard InChI is InChI=1S/C19H30N4O/c1-14(23(3)13-15-7-5-4-6-8-15)12-21-19(20-2)22-17-11-16-9-10-18(17)24-16/h4-8,14,16-18H,9-13H2,1-3H3,(H2,20,21,22). The summed E-state index contributed by atoms with van der Waals surface area (Å²) in [4.78, 5) is 6.73. The topological polar surface area (TPSA) is 48.9 Å². The van der Waals surface area contributed by atoms with Gasteiger partial charge in [-0.05, 0) is 38.8 Å². The summed E-state index contributed by atoms with van der Waals surface area (Å²) in [6.07, 6.45) is 4.33. The zero-order valence-electron chi connectivity index (χ0n) is 15.0. The van der Waals surface area contributed by atoms with Gasteiger partial charge < -0.3 is 15.4 Å². The first kappa shape index (κ1) is 17.2. The molecule has 4 unspecified atom stereocenters. The molecule has 4 atom stereocenters. The van der Waals surface area contributed by atoms with Crippen LogP contribution in [0.5, 0.6) is 0 Å². The molecule has 24 heavy (non-hydrogen) atoms. The molecule has 0 saturated carbocycles. The number of hydrogen-bond acceptors (Lipinski definition) is 3. The maximum absolute atomic E-state index is 5.91. The molecule has 1 aromatic carbocycles. The summed E-state index contributed by atoms with van der Waals surface area (Å²) < 4.78 is 5.91. The number of rotatable bonds is 6. The van der Waals surface area contributed by atoms with E-state index in [1.165, 1.54) is 18.4 Å². The van der Waals surface area contributed by atoms with Gasteiger partial charge in [0.25, 0.3) is 0 Å². The predicted octanol–water partition coefficient (Wildman–Crippen LogP) is 1.99. The quantitative estimate of drug-likeness (QED) is 0.619. The van der Waals surface area contributed by atoms with Crippen LogP contribution in [0.4, 0.5) is 0 Å². The SMILES string of the molecule is CN=C(NCC(C)N(C)Cc1ccccc1)NC1CC2CCC1O2. The fraction of sp³-hybridized carbons (Fsp3) is 0.632. The number of likely N-dealkylation sites (N-methyl/N-ethyl adjacent to an activating group) is 1. The summed E-state index contributed by atoms with van der Waals surface area (Å²) in [5, 5.41) is 7.00. The summed E-state index contributed by atoms with van der Waals surface area (Å²) in [7, 11) is 4.00. The van der Waals surface area contributed by atoms with Crippen LogP contribution in [0.3, 0.4) is 0 Å². The molecule has 5 nitrogen and oxygen atoms in total. The number of benzene rings is 1. The smallest absolute Gasteiger partial charge is 0.191 e. The second kappa shape index (κ2) is 7.99. The molecular formula is C19H30N4O. The highest BCUT2D eigenvalue weighted by atomic mass is 16.5. The first-order valence-corrected chi connectivity index (χ1v) is 9.02. The van der Waals surface area contributed by atoms with Gasteiger partial charge >= 0.3 is 0 Å². The molecular weight excluding hydrogens is 300 g/mol. The van der Waals surface area contributed by atoms with Crippen molar-refractivity contribution in [3.63, 3.8) is 0 Å². The second-order valence-corrected chi connectivity index (χ2v) is 7.06. The molecule has 5 heteroatoms. The van der Waals surface area contributed by atoms with Crippen molar-refractivity contribution in [1.29, 1.82) is 0 Å². The van der Waals surface area contributed by atoms with Gasteiger partial charge in [0, 0.05) is 26.2 Å². The molecule has 132 valence electrons. The van der Waals surface area contributed by atoms with E-state index in [4.69, 9.17) is 4.74 Å². The number of fused-ring (bicyclic) bond motifs is 2. The molecule has 0 amide bonds. The maximum Gasteiger partial charge on any atom is 0.191 e. The number of guanidine groups is 1. The Balaban J connectivity index is 1.43. The highest BCUT2D eigenvalue weighted by Gasteiger charge is 2.41. The van der Waals surface area contributed by atoms with Gasteiger partial charge in [0.2, 0.25) is 0 Å².